The van der Waals surface area contributed by atoms with Gasteiger partial charge >= 0.3 is 0 Å². The molecule has 0 unspecified atom stereocenters. The molecule has 3 aromatic heterocycles. The summed E-state index contributed by atoms with van der Waals surface area (Å²) in [5.41, 5.74) is 2.58. The van der Waals surface area contributed by atoms with Gasteiger partial charge in [0.1, 0.15) is 5.69 Å². The van der Waals surface area contributed by atoms with Crippen molar-refractivity contribution in [3.05, 3.63) is 71.3 Å². The molecule has 1 aliphatic rings. The lowest BCUT2D eigenvalue weighted by molar-refractivity contribution is 0.0627. The van der Waals surface area contributed by atoms with Crippen molar-refractivity contribution in [2.75, 3.05) is 12.4 Å². The summed E-state index contributed by atoms with van der Waals surface area (Å²) in [5.74, 6) is 0.421. The number of ether oxygens (including phenoxy) is 1. The smallest absolute Gasteiger partial charge is 0.274 e. The third kappa shape index (κ3) is 5.23. The van der Waals surface area contributed by atoms with Crippen LogP contribution in [0.2, 0.25) is 0 Å². The molecule has 1 N–H and O–H groups in total. The number of anilines is 1. The second-order valence-corrected chi connectivity index (χ2v) is 8.40. The molecule has 30 heavy (non-hydrogen) atoms. The highest BCUT2D eigenvalue weighted by Gasteiger charge is 2.19. The number of rotatable bonds is 7. The summed E-state index contributed by atoms with van der Waals surface area (Å²) in [4.78, 5) is 21.3. The Labute approximate surface area is 180 Å². The fourth-order valence-corrected chi connectivity index (χ4v) is 4.45. The van der Waals surface area contributed by atoms with Crippen LogP contribution in [0.1, 0.15) is 47.4 Å². The Kier molecular flexibility index (Phi) is 6.71. The summed E-state index contributed by atoms with van der Waals surface area (Å²) in [5, 5.41) is 5.51. The van der Waals surface area contributed by atoms with Crippen LogP contribution >= 0.6 is 11.3 Å². The number of pyridine rings is 1. The fourth-order valence-electron chi connectivity index (χ4n) is 3.78. The van der Waals surface area contributed by atoms with Crippen molar-refractivity contribution in [1.29, 1.82) is 0 Å². The normalized spacial score (nSPS) is 19.2. The van der Waals surface area contributed by atoms with Gasteiger partial charge in [0.25, 0.3) is 5.91 Å². The number of aromatic nitrogens is 3. The number of methoxy groups -OCH3 is 1. The van der Waals surface area contributed by atoms with Gasteiger partial charge in [-0.1, -0.05) is 6.08 Å². The van der Waals surface area contributed by atoms with Gasteiger partial charge < -0.3 is 9.30 Å². The van der Waals surface area contributed by atoms with Crippen molar-refractivity contribution in [3.63, 3.8) is 0 Å². The van der Waals surface area contributed by atoms with Crippen LogP contribution in [-0.2, 0) is 11.3 Å². The summed E-state index contributed by atoms with van der Waals surface area (Å²) in [6, 6.07) is 7.59. The zero-order valence-electron chi connectivity index (χ0n) is 17.0. The minimum atomic E-state index is -0.156. The molecule has 0 atom stereocenters. The van der Waals surface area contributed by atoms with Crippen molar-refractivity contribution in [3.8, 4) is 0 Å². The first kappa shape index (κ1) is 20.5. The molecule has 0 bridgehead atoms. The van der Waals surface area contributed by atoms with Crippen molar-refractivity contribution in [2.24, 2.45) is 5.92 Å². The maximum atomic E-state index is 12.8. The molecule has 0 spiro atoms. The standard InChI is InChI=1S/C23H26N4O2S/c1-29-20-8-5-17(6-9-20)4-7-19-16-30-23(25-19)26-22(28)21-3-2-14-27(21)15-18-10-12-24-13-11-18/h2-4,7,10-14,16-17,20H,5-6,8-9,15H2,1H3,(H,25,26,28)/b7-4+. The third-order valence-electron chi connectivity index (χ3n) is 5.50. The third-order valence-corrected chi connectivity index (χ3v) is 6.27. The first-order valence-electron chi connectivity index (χ1n) is 10.2. The Bertz CT molecular complexity index is 988. The molecule has 0 aromatic carbocycles. The largest absolute Gasteiger partial charge is 0.381 e. The number of carbonyl (C=O) groups is 1. The Hall–Kier alpha value is -2.77. The molecule has 0 saturated heterocycles. The average Bonchev–Trinajstić information content (AvgIpc) is 3.43. The minimum absolute atomic E-state index is 0.156. The Morgan fingerprint density at radius 3 is 2.83 bits per heavy atom. The number of nitrogens with one attached hydrogen (secondary N) is 1. The number of thiazole rings is 1. The number of nitrogens with zero attached hydrogens (tertiary/aromatic N) is 3. The maximum absolute atomic E-state index is 12.8. The van der Waals surface area contributed by atoms with E-state index in [0.717, 1.165) is 36.9 Å². The van der Waals surface area contributed by atoms with Crippen LogP contribution in [-0.4, -0.2) is 33.7 Å². The first-order chi connectivity index (χ1) is 14.7. The monoisotopic (exact) mass is 422 g/mol. The summed E-state index contributed by atoms with van der Waals surface area (Å²) in [7, 11) is 1.79. The van der Waals surface area contributed by atoms with Crippen LogP contribution in [0.4, 0.5) is 5.13 Å². The van der Waals surface area contributed by atoms with Crippen LogP contribution < -0.4 is 5.32 Å². The molecule has 0 radical (unpaired) electrons. The summed E-state index contributed by atoms with van der Waals surface area (Å²) < 4.78 is 7.36. The van der Waals surface area contributed by atoms with Gasteiger partial charge in [-0.05, 0) is 67.5 Å². The molecular formula is C23H26N4O2S. The highest BCUT2D eigenvalue weighted by atomic mass is 32.1. The molecule has 4 rings (SSSR count). The van der Waals surface area contributed by atoms with Gasteiger partial charge in [-0.15, -0.1) is 11.3 Å². The van der Waals surface area contributed by atoms with E-state index in [1.807, 2.05) is 40.4 Å². The van der Waals surface area contributed by atoms with Crippen molar-refractivity contribution in [1.82, 2.24) is 14.5 Å². The quantitative estimate of drug-likeness (QED) is 0.590. The second-order valence-electron chi connectivity index (χ2n) is 7.54. The lowest BCUT2D eigenvalue weighted by atomic mass is 9.87. The second kappa shape index (κ2) is 9.82. The van der Waals surface area contributed by atoms with Crippen molar-refractivity contribution >= 4 is 28.5 Å². The molecule has 6 nitrogen and oxygen atoms in total. The maximum Gasteiger partial charge on any atom is 0.274 e. The van der Waals surface area contributed by atoms with Gasteiger partial charge in [-0.25, -0.2) is 4.98 Å². The SMILES string of the molecule is COC1CCC(/C=C/c2csc(NC(=O)c3cccn3Cc3ccncc3)n2)CC1. The Morgan fingerprint density at radius 2 is 2.07 bits per heavy atom. The molecule has 1 amide bonds. The van der Waals surface area contributed by atoms with E-state index >= 15 is 0 Å². The van der Waals surface area contributed by atoms with Gasteiger partial charge in [-0.2, -0.15) is 0 Å². The number of carbonyl (C=O) groups excluding carboxylic acids is 1. The van der Waals surface area contributed by atoms with E-state index in [9.17, 15) is 4.79 Å². The molecule has 3 aromatic rings. The van der Waals surface area contributed by atoms with Crippen LogP contribution in [0.25, 0.3) is 6.08 Å². The lowest BCUT2D eigenvalue weighted by Gasteiger charge is -2.25. The molecule has 1 fully saturated rings. The summed E-state index contributed by atoms with van der Waals surface area (Å²) in [6.45, 7) is 0.620. The van der Waals surface area contributed by atoms with Gasteiger partial charge in [0, 0.05) is 37.6 Å². The van der Waals surface area contributed by atoms with E-state index < -0.39 is 0 Å². The average molecular weight is 423 g/mol. The van der Waals surface area contributed by atoms with Crippen LogP contribution in [0.5, 0.6) is 0 Å². The van der Waals surface area contributed by atoms with E-state index in [1.54, 1.807) is 19.5 Å². The summed E-state index contributed by atoms with van der Waals surface area (Å²) >= 11 is 1.44. The summed E-state index contributed by atoms with van der Waals surface area (Å²) in [6.07, 6.45) is 14.7. The highest BCUT2D eigenvalue weighted by molar-refractivity contribution is 7.14. The lowest BCUT2D eigenvalue weighted by Crippen LogP contribution is -2.19. The molecule has 1 saturated carbocycles. The Morgan fingerprint density at radius 1 is 1.27 bits per heavy atom. The molecule has 3 heterocycles. The van der Waals surface area contributed by atoms with Gasteiger partial charge in [-0.3, -0.25) is 15.1 Å². The van der Waals surface area contributed by atoms with E-state index in [0.29, 0.717) is 29.4 Å². The molecule has 156 valence electrons. The minimum Gasteiger partial charge on any atom is -0.381 e. The first-order valence-corrected chi connectivity index (χ1v) is 11.1. The van der Waals surface area contributed by atoms with E-state index in [4.69, 9.17) is 4.74 Å². The van der Waals surface area contributed by atoms with E-state index in [1.165, 1.54) is 11.3 Å². The van der Waals surface area contributed by atoms with Crippen LogP contribution in [0, 0.1) is 5.92 Å². The van der Waals surface area contributed by atoms with Crippen molar-refractivity contribution in [2.45, 2.75) is 38.3 Å². The zero-order chi connectivity index (χ0) is 20.8. The number of hydrogen-bond acceptors (Lipinski definition) is 5. The van der Waals surface area contributed by atoms with Gasteiger partial charge in [0.2, 0.25) is 0 Å². The van der Waals surface area contributed by atoms with Gasteiger partial charge in [0.05, 0.1) is 11.8 Å². The van der Waals surface area contributed by atoms with Crippen LogP contribution in [0.15, 0.2) is 54.3 Å². The zero-order valence-corrected chi connectivity index (χ0v) is 17.8. The molecule has 7 heteroatoms. The number of allylic oxidation sites excluding steroid dienone is 1. The van der Waals surface area contributed by atoms with Crippen LogP contribution in [0.3, 0.4) is 0 Å². The Balaban J connectivity index is 1.35. The van der Waals surface area contributed by atoms with Gasteiger partial charge in [0.15, 0.2) is 5.13 Å². The highest BCUT2D eigenvalue weighted by Crippen LogP contribution is 2.27. The molecule has 0 aliphatic heterocycles. The molecular weight excluding hydrogens is 396 g/mol. The predicted molar refractivity (Wildman–Crippen MR) is 120 cm³/mol. The number of amides is 1. The van der Waals surface area contributed by atoms with E-state index in [-0.39, 0.29) is 5.91 Å². The predicted octanol–water partition coefficient (Wildman–Crippen LogP) is 4.86. The topological polar surface area (TPSA) is 69.0 Å². The fraction of sp³-hybridized carbons (Fsp3) is 0.348. The van der Waals surface area contributed by atoms with E-state index in [2.05, 4.69) is 27.4 Å². The van der Waals surface area contributed by atoms with Crippen molar-refractivity contribution < 1.29 is 9.53 Å². The molecule has 1 aliphatic carbocycles. The number of hydrogen-bond donors (Lipinski definition) is 1.